The number of aromatic hydroxyl groups is 2. The molecule has 5 N–H and O–H groups in total. The number of hydrogen-bond acceptors (Lipinski definition) is 4. The van der Waals surface area contributed by atoms with Crippen LogP contribution in [0.4, 0.5) is 5.69 Å². The van der Waals surface area contributed by atoms with Crippen LogP contribution in [-0.4, -0.2) is 22.7 Å². The van der Waals surface area contributed by atoms with Crippen molar-refractivity contribution in [1.29, 1.82) is 0 Å². The summed E-state index contributed by atoms with van der Waals surface area (Å²) < 4.78 is 0. The Morgan fingerprint density at radius 3 is 2.47 bits per heavy atom. The van der Waals surface area contributed by atoms with Crippen LogP contribution in [0.1, 0.15) is 39.2 Å². The van der Waals surface area contributed by atoms with Crippen molar-refractivity contribution in [2.45, 2.75) is 39.0 Å². The van der Waals surface area contributed by atoms with Crippen LogP contribution in [0, 0.1) is 0 Å². The third-order valence-electron chi connectivity index (χ3n) is 2.84. The first-order valence-corrected chi connectivity index (χ1v) is 6.32. The third-order valence-corrected chi connectivity index (χ3v) is 2.84. The Morgan fingerprint density at radius 2 is 1.95 bits per heavy atom. The number of amides is 1. The van der Waals surface area contributed by atoms with E-state index in [0.717, 1.165) is 0 Å². The van der Waals surface area contributed by atoms with Gasteiger partial charge in [0.15, 0.2) is 0 Å². The molecule has 0 aliphatic heterocycles. The Labute approximate surface area is 113 Å². The maximum absolute atomic E-state index is 11.6. The highest BCUT2D eigenvalue weighted by atomic mass is 16.3. The van der Waals surface area contributed by atoms with Gasteiger partial charge >= 0.3 is 0 Å². The van der Waals surface area contributed by atoms with Gasteiger partial charge in [0.1, 0.15) is 17.2 Å². The van der Waals surface area contributed by atoms with Crippen LogP contribution in [0.25, 0.3) is 0 Å². The number of nitrogens with one attached hydrogen (secondary N) is 1. The summed E-state index contributed by atoms with van der Waals surface area (Å²) in [5.41, 5.74) is 5.78. The van der Waals surface area contributed by atoms with Gasteiger partial charge in [0.25, 0.3) is 0 Å². The van der Waals surface area contributed by atoms with E-state index < -0.39 is 0 Å². The summed E-state index contributed by atoms with van der Waals surface area (Å²) in [4.78, 5) is 11.6. The third kappa shape index (κ3) is 3.86. The molecule has 0 atom stereocenters. The smallest absolute Gasteiger partial charge is 0.224 e. The number of nitrogens with two attached hydrogens (primary N) is 1. The van der Waals surface area contributed by atoms with Crippen molar-refractivity contribution in [3.05, 3.63) is 17.7 Å². The van der Waals surface area contributed by atoms with E-state index in [0.29, 0.717) is 18.5 Å². The van der Waals surface area contributed by atoms with Crippen molar-refractivity contribution in [1.82, 2.24) is 0 Å². The number of phenolic OH excluding ortho intramolecular Hbond substituents is 2. The first-order valence-electron chi connectivity index (χ1n) is 6.32. The van der Waals surface area contributed by atoms with Crippen LogP contribution in [0.2, 0.25) is 0 Å². The molecule has 0 saturated carbocycles. The Morgan fingerprint density at radius 1 is 1.32 bits per heavy atom. The summed E-state index contributed by atoms with van der Waals surface area (Å²) in [6.07, 6.45) is 0.821. The van der Waals surface area contributed by atoms with E-state index in [1.54, 1.807) is 6.07 Å². The van der Waals surface area contributed by atoms with E-state index in [4.69, 9.17) is 5.73 Å². The fourth-order valence-electron chi connectivity index (χ4n) is 1.77. The quantitative estimate of drug-likeness (QED) is 0.627. The standard InChI is InChI=1S/C14H22N2O3/c1-14(2,3)9-6-7-10(17)12(13(9)19)16-11(18)5-4-8-15/h6-7,17,19H,4-5,8,15H2,1-3H3,(H,16,18). The molecule has 0 aromatic heterocycles. The molecule has 0 saturated heterocycles. The average Bonchev–Trinajstić information content (AvgIpc) is 2.30. The Kier molecular flexibility index (Phi) is 4.78. The van der Waals surface area contributed by atoms with Gasteiger partial charge in [-0.25, -0.2) is 0 Å². The highest BCUT2D eigenvalue weighted by Gasteiger charge is 2.22. The summed E-state index contributed by atoms with van der Waals surface area (Å²) in [7, 11) is 0. The molecule has 0 fully saturated rings. The number of hydrogen-bond donors (Lipinski definition) is 4. The number of carbonyl (C=O) groups is 1. The van der Waals surface area contributed by atoms with E-state index in [1.807, 2.05) is 20.8 Å². The lowest BCUT2D eigenvalue weighted by molar-refractivity contribution is -0.116. The SMILES string of the molecule is CC(C)(C)c1ccc(O)c(NC(=O)CCCN)c1O. The first kappa shape index (κ1) is 15.3. The lowest BCUT2D eigenvalue weighted by Crippen LogP contribution is -2.16. The van der Waals surface area contributed by atoms with Crippen LogP contribution < -0.4 is 11.1 Å². The molecule has 0 radical (unpaired) electrons. The number of rotatable bonds is 4. The summed E-state index contributed by atoms with van der Waals surface area (Å²) in [5.74, 6) is -0.512. The average molecular weight is 266 g/mol. The molecule has 0 unspecified atom stereocenters. The second kappa shape index (κ2) is 5.93. The zero-order chi connectivity index (χ0) is 14.6. The molecule has 1 amide bonds. The van der Waals surface area contributed by atoms with Crippen molar-refractivity contribution >= 4 is 11.6 Å². The minimum absolute atomic E-state index is 0.0643. The van der Waals surface area contributed by atoms with Crippen LogP contribution in [0.3, 0.4) is 0 Å². The van der Waals surface area contributed by atoms with Gasteiger partial charge in [0.2, 0.25) is 5.91 Å². The number of anilines is 1. The Hall–Kier alpha value is -1.75. The second-order valence-electron chi connectivity index (χ2n) is 5.55. The first-order chi connectivity index (χ1) is 8.77. The van der Waals surface area contributed by atoms with Crippen molar-refractivity contribution in [2.24, 2.45) is 5.73 Å². The lowest BCUT2D eigenvalue weighted by Gasteiger charge is -2.22. The zero-order valence-corrected chi connectivity index (χ0v) is 11.7. The van der Waals surface area contributed by atoms with Gasteiger partial charge in [-0.15, -0.1) is 0 Å². The monoisotopic (exact) mass is 266 g/mol. The number of benzene rings is 1. The predicted octanol–water partition coefficient (Wildman–Crippen LogP) is 2.07. The van der Waals surface area contributed by atoms with Gasteiger partial charge in [0.05, 0.1) is 0 Å². The molecular formula is C14H22N2O3. The highest BCUT2D eigenvalue weighted by molar-refractivity contribution is 5.94. The van der Waals surface area contributed by atoms with Crippen molar-refractivity contribution in [2.75, 3.05) is 11.9 Å². The van der Waals surface area contributed by atoms with E-state index in [1.165, 1.54) is 6.07 Å². The number of carbonyl (C=O) groups excluding carboxylic acids is 1. The van der Waals surface area contributed by atoms with Crippen LogP contribution in [-0.2, 0) is 10.2 Å². The molecule has 1 aromatic carbocycles. The van der Waals surface area contributed by atoms with E-state index in [2.05, 4.69) is 5.32 Å². The molecule has 1 aromatic rings. The molecular weight excluding hydrogens is 244 g/mol. The fraction of sp³-hybridized carbons (Fsp3) is 0.500. The molecule has 0 heterocycles. The minimum atomic E-state index is -0.283. The summed E-state index contributed by atoms with van der Waals surface area (Å²) in [5, 5.41) is 22.5. The Balaban J connectivity index is 3.04. The van der Waals surface area contributed by atoms with Gasteiger partial charge in [-0.1, -0.05) is 26.8 Å². The molecule has 106 valence electrons. The van der Waals surface area contributed by atoms with E-state index >= 15 is 0 Å². The van der Waals surface area contributed by atoms with Crippen molar-refractivity contribution in [3.63, 3.8) is 0 Å². The second-order valence-corrected chi connectivity index (χ2v) is 5.55. The van der Waals surface area contributed by atoms with Crippen LogP contribution in [0.15, 0.2) is 12.1 Å². The molecule has 19 heavy (non-hydrogen) atoms. The van der Waals surface area contributed by atoms with E-state index in [-0.39, 0.29) is 34.9 Å². The molecule has 0 aliphatic carbocycles. The molecule has 1 rings (SSSR count). The topological polar surface area (TPSA) is 95.6 Å². The molecule has 5 nitrogen and oxygen atoms in total. The molecule has 0 spiro atoms. The zero-order valence-electron chi connectivity index (χ0n) is 11.7. The van der Waals surface area contributed by atoms with Crippen molar-refractivity contribution in [3.8, 4) is 11.5 Å². The maximum Gasteiger partial charge on any atom is 0.224 e. The normalized spacial score (nSPS) is 11.4. The van der Waals surface area contributed by atoms with Gasteiger partial charge in [-0.2, -0.15) is 0 Å². The largest absolute Gasteiger partial charge is 0.506 e. The van der Waals surface area contributed by atoms with Gasteiger partial charge < -0.3 is 21.3 Å². The summed E-state index contributed by atoms with van der Waals surface area (Å²) >= 11 is 0. The summed E-state index contributed by atoms with van der Waals surface area (Å²) in [6.45, 7) is 6.25. The Bertz CT molecular complexity index is 464. The molecule has 5 heteroatoms. The van der Waals surface area contributed by atoms with Crippen LogP contribution >= 0.6 is 0 Å². The highest BCUT2D eigenvalue weighted by Crippen LogP contribution is 2.41. The van der Waals surface area contributed by atoms with Crippen LogP contribution in [0.5, 0.6) is 11.5 Å². The fourth-order valence-corrected chi connectivity index (χ4v) is 1.77. The summed E-state index contributed by atoms with van der Waals surface area (Å²) in [6, 6.07) is 3.12. The van der Waals surface area contributed by atoms with E-state index in [9.17, 15) is 15.0 Å². The number of phenols is 2. The maximum atomic E-state index is 11.6. The molecule has 0 bridgehead atoms. The minimum Gasteiger partial charge on any atom is -0.506 e. The molecule has 0 aliphatic rings. The predicted molar refractivity (Wildman–Crippen MR) is 75.4 cm³/mol. The lowest BCUT2D eigenvalue weighted by atomic mass is 9.86. The van der Waals surface area contributed by atoms with Gasteiger partial charge in [-0.05, 0) is 24.4 Å². The van der Waals surface area contributed by atoms with Gasteiger partial charge in [-0.3, -0.25) is 4.79 Å². The van der Waals surface area contributed by atoms with Crippen molar-refractivity contribution < 1.29 is 15.0 Å². The van der Waals surface area contributed by atoms with Gasteiger partial charge in [0, 0.05) is 12.0 Å².